The first-order chi connectivity index (χ1) is 15.4. The second-order valence-electron chi connectivity index (χ2n) is 9.16. The quantitative estimate of drug-likeness (QED) is 0.571. The van der Waals surface area contributed by atoms with Crippen LogP contribution < -0.4 is 5.32 Å². The van der Waals surface area contributed by atoms with Gasteiger partial charge in [0.25, 0.3) is 0 Å². The van der Waals surface area contributed by atoms with Crippen LogP contribution in [-0.2, 0) is 17.5 Å². The molecule has 0 saturated carbocycles. The normalized spacial score (nSPS) is 20.6. The van der Waals surface area contributed by atoms with Crippen LogP contribution in [0.25, 0.3) is 11.1 Å². The van der Waals surface area contributed by atoms with Gasteiger partial charge < -0.3 is 15.2 Å². The van der Waals surface area contributed by atoms with E-state index in [-0.39, 0.29) is 5.95 Å². The number of aryl methyl sites for hydroxylation is 1. The maximum atomic E-state index is 12.9. The Hall–Kier alpha value is -2.98. The monoisotopic (exact) mass is 461 g/mol. The Labute approximate surface area is 189 Å². The van der Waals surface area contributed by atoms with Crippen LogP contribution in [0, 0.1) is 6.92 Å². The number of benzene rings is 1. The molecular weight excluding hydrogens is 435 g/mol. The first kappa shape index (κ1) is 23.2. The van der Waals surface area contributed by atoms with Gasteiger partial charge in [-0.15, -0.1) is 0 Å². The van der Waals surface area contributed by atoms with E-state index in [2.05, 4.69) is 20.4 Å². The standard InChI is InChI=1S/C23H26F3N5O2/c1-15-8-16(10-18(9-15)29-20-27-6-4-19(30-20)23(24,25)26)17-11-28-31(12-17)14-22(32)5-7-33-21(2,3)13-22/h4,6,8-12,32H,5,7,13-14H2,1-3H3,(H,27,29,30)/t22-/m1/s1. The summed E-state index contributed by atoms with van der Waals surface area (Å²) in [5.41, 5.74) is 0.790. The van der Waals surface area contributed by atoms with Crippen LogP contribution in [0.1, 0.15) is 37.9 Å². The maximum absolute atomic E-state index is 12.9. The average molecular weight is 461 g/mol. The molecular formula is C23H26F3N5O2. The van der Waals surface area contributed by atoms with Gasteiger partial charge in [-0.3, -0.25) is 4.68 Å². The largest absolute Gasteiger partial charge is 0.433 e. The van der Waals surface area contributed by atoms with Gasteiger partial charge in [0.05, 0.1) is 30.6 Å². The van der Waals surface area contributed by atoms with Crippen LogP contribution in [0.3, 0.4) is 0 Å². The van der Waals surface area contributed by atoms with Crippen LogP contribution in [0.5, 0.6) is 0 Å². The van der Waals surface area contributed by atoms with E-state index in [9.17, 15) is 18.3 Å². The van der Waals surface area contributed by atoms with Gasteiger partial charge in [-0.1, -0.05) is 6.07 Å². The van der Waals surface area contributed by atoms with Gasteiger partial charge in [0.15, 0.2) is 0 Å². The summed E-state index contributed by atoms with van der Waals surface area (Å²) in [4.78, 5) is 7.45. The summed E-state index contributed by atoms with van der Waals surface area (Å²) in [6, 6.07) is 6.37. The number of anilines is 2. The van der Waals surface area contributed by atoms with E-state index in [0.717, 1.165) is 29.0 Å². The smallest absolute Gasteiger partial charge is 0.388 e. The Morgan fingerprint density at radius 1 is 1.21 bits per heavy atom. The van der Waals surface area contributed by atoms with Crippen molar-refractivity contribution in [2.24, 2.45) is 0 Å². The van der Waals surface area contributed by atoms with Crippen molar-refractivity contribution in [1.82, 2.24) is 19.7 Å². The lowest BCUT2D eigenvalue weighted by Crippen LogP contribution is -2.48. The molecule has 1 saturated heterocycles. The molecule has 0 spiro atoms. The van der Waals surface area contributed by atoms with Crippen LogP contribution in [0.2, 0.25) is 0 Å². The molecule has 3 aromatic rings. The third-order valence-electron chi connectivity index (χ3n) is 5.52. The summed E-state index contributed by atoms with van der Waals surface area (Å²) in [5, 5.41) is 18.3. The summed E-state index contributed by atoms with van der Waals surface area (Å²) in [6.07, 6.45) is 1.11. The molecule has 10 heteroatoms. The third-order valence-corrected chi connectivity index (χ3v) is 5.52. The second-order valence-corrected chi connectivity index (χ2v) is 9.16. The van der Waals surface area contributed by atoms with Gasteiger partial charge >= 0.3 is 6.18 Å². The van der Waals surface area contributed by atoms with Crippen LogP contribution in [-0.4, -0.2) is 42.7 Å². The van der Waals surface area contributed by atoms with E-state index in [1.807, 2.05) is 33.0 Å². The van der Waals surface area contributed by atoms with E-state index in [1.54, 1.807) is 23.0 Å². The Balaban J connectivity index is 1.54. The van der Waals surface area contributed by atoms with E-state index in [0.29, 0.717) is 31.7 Å². The van der Waals surface area contributed by atoms with Crippen LogP contribution >= 0.6 is 0 Å². The summed E-state index contributed by atoms with van der Waals surface area (Å²) in [7, 11) is 0. The fourth-order valence-corrected chi connectivity index (χ4v) is 4.21. The number of hydrogen-bond acceptors (Lipinski definition) is 6. The fourth-order valence-electron chi connectivity index (χ4n) is 4.21. The number of aromatic nitrogens is 4. The fraction of sp³-hybridized carbons (Fsp3) is 0.435. The van der Waals surface area contributed by atoms with Gasteiger partial charge in [0.2, 0.25) is 5.95 Å². The molecule has 1 aliphatic heterocycles. The Morgan fingerprint density at radius 3 is 2.73 bits per heavy atom. The van der Waals surface area contributed by atoms with Gasteiger partial charge in [-0.05, 0) is 50.1 Å². The first-order valence-electron chi connectivity index (χ1n) is 10.6. The minimum absolute atomic E-state index is 0.138. The lowest BCUT2D eigenvalue weighted by Gasteiger charge is -2.41. The summed E-state index contributed by atoms with van der Waals surface area (Å²) in [5.74, 6) is -0.138. The Bertz CT molecular complexity index is 1150. The molecule has 0 aliphatic carbocycles. The van der Waals surface area contributed by atoms with Crippen molar-refractivity contribution in [2.75, 3.05) is 11.9 Å². The highest BCUT2D eigenvalue weighted by Crippen LogP contribution is 2.34. The van der Waals surface area contributed by atoms with Crippen molar-refractivity contribution in [3.05, 3.63) is 54.1 Å². The molecule has 0 bridgehead atoms. The molecule has 1 aromatic carbocycles. The number of aliphatic hydroxyl groups is 1. The van der Waals surface area contributed by atoms with Gasteiger partial charge in [-0.2, -0.15) is 18.3 Å². The minimum atomic E-state index is -4.55. The third kappa shape index (κ3) is 5.69. The molecule has 2 aromatic heterocycles. The van der Waals surface area contributed by atoms with Crippen molar-refractivity contribution in [2.45, 2.75) is 57.5 Å². The zero-order chi connectivity index (χ0) is 23.9. The Morgan fingerprint density at radius 2 is 2.00 bits per heavy atom. The van der Waals surface area contributed by atoms with Gasteiger partial charge in [0, 0.05) is 36.5 Å². The predicted octanol–water partition coefficient (Wildman–Crippen LogP) is 4.73. The van der Waals surface area contributed by atoms with Crippen LogP contribution in [0.4, 0.5) is 24.8 Å². The highest BCUT2D eigenvalue weighted by Gasteiger charge is 2.39. The van der Waals surface area contributed by atoms with E-state index >= 15 is 0 Å². The number of ether oxygens (including phenoxy) is 1. The lowest BCUT2D eigenvalue weighted by atomic mass is 9.84. The van der Waals surface area contributed by atoms with E-state index < -0.39 is 23.1 Å². The molecule has 1 fully saturated rings. The number of alkyl halides is 3. The SMILES string of the molecule is Cc1cc(Nc2nccc(C(F)(F)F)n2)cc(-c2cnn(C[C@@]3(O)CCOC(C)(C)C3)c2)c1. The molecule has 176 valence electrons. The molecule has 4 rings (SSSR count). The molecule has 3 heterocycles. The minimum Gasteiger partial charge on any atom is -0.388 e. The molecule has 0 unspecified atom stereocenters. The van der Waals surface area contributed by atoms with E-state index in [1.165, 1.54) is 0 Å². The number of halogens is 3. The zero-order valence-electron chi connectivity index (χ0n) is 18.6. The molecule has 7 nitrogen and oxygen atoms in total. The van der Waals surface area contributed by atoms with Crippen LogP contribution in [0.15, 0.2) is 42.9 Å². The maximum Gasteiger partial charge on any atom is 0.433 e. The topological polar surface area (TPSA) is 85.1 Å². The number of hydrogen-bond donors (Lipinski definition) is 2. The highest BCUT2D eigenvalue weighted by molar-refractivity contribution is 5.70. The summed E-state index contributed by atoms with van der Waals surface area (Å²) >= 11 is 0. The van der Waals surface area contributed by atoms with Gasteiger partial charge in [-0.25, -0.2) is 9.97 Å². The lowest BCUT2D eigenvalue weighted by molar-refractivity contribution is -0.150. The molecule has 0 amide bonds. The Kier molecular flexibility index (Phi) is 5.92. The van der Waals surface area contributed by atoms with Crippen molar-refractivity contribution in [3.63, 3.8) is 0 Å². The molecule has 2 N–H and O–H groups in total. The second kappa shape index (κ2) is 8.42. The molecule has 33 heavy (non-hydrogen) atoms. The first-order valence-corrected chi connectivity index (χ1v) is 10.6. The van der Waals surface area contributed by atoms with Crippen molar-refractivity contribution >= 4 is 11.6 Å². The van der Waals surface area contributed by atoms with Crippen molar-refractivity contribution in [1.29, 1.82) is 0 Å². The van der Waals surface area contributed by atoms with Crippen molar-refractivity contribution < 1.29 is 23.0 Å². The number of rotatable bonds is 5. The molecule has 1 aliphatic rings. The molecule has 1 atom stereocenters. The zero-order valence-corrected chi connectivity index (χ0v) is 18.6. The summed E-state index contributed by atoms with van der Waals surface area (Å²) < 4.78 is 46.2. The highest BCUT2D eigenvalue weighted by atomic mass is 19.4. The summed E-state index contributed by atoms with van der Waals surface area (Å²) in [6.45, 7) is 6.64. The predicted molar refractivity (Wildman–Crippen MR) is 117 cm³/mol. The number of nitrogens with one attached hydrogen (secondary N) is 1. The van der Waals surface area contributed by atoms with Crippen molar-refractivity contribution in [3.8, 4) is 11.1 Å². The molecule has 0 radical (unpaired) electrons. The number of nitrogens with zero attached hydrogens (tertiary/aromatic N) is 4. The van der Waals surface area contributed by atoms with E-state index in [4.69, 9.17) is 4.74 Å². The average Bonchev–Trinajstić information content (AvgIpc) is 3.14. The van der Waals surface area contributed by atoms with Gasteiger partial charge in [0.1, 0.15) is 5.69 Å².